The maximum atomic E-state index is 11.2. The van der Waals surface area contributed by atoms with Crippen molar-refractivity contribution in [3.05, 3.63) is 34.9 Å². The van der Waals surface area contributed by atoms with Crippen molar-refractivity contribution in [2.75, 3.05) is 0 Å². The van der Waals surface area contributed by atoms with Gasteiger partial charge in [-0.25, -0.2) is 0 Å². The lowest BCUT2D eigenvalue weighted by atomic mass is 10.1. The summed E-state index contributed by atoms with van der Waals surface area (Å²) in [6.07, 6.45) is 0.646. The number of benzene rings is 1. The first-order valence-electron chi connectivity index (χ1n) is 4.77. The number of amidine groups is 1. The average Bonchev–Trinajstić information content (AvgIpc) is 2.50. The minimum absolute atomic E-state index is 0.0287. The molecule has 1 amide bonds. The summed E-state index contributed by atoms with van der Waals surface area (Å²) in [4.78, 5) is 15.4. The number of rotatable bonds is 2. The zero-order chi connectivity index (χ0) is 10.8. The van der Waals surface area contributed by atoms with E-state index < -0.39 is 0 Å². The number of hydrogen-bond acceptors (Lipinski definition) is 2. The van der Waals surface area contributed by atoms with Crippen LogP contribution in [0.15, 0.2) is 29.3 Å². The molecule has 0 saturated heterocycles. The standard InChI is InChI=1S/C11H11ClN2O/c1-7-11(15)14-10(13-7)6-8-2-4-9(12)5-3-8/h2-5,7H,6H2,1H3,(H,13,14,15). The Bertz CT molecular complexity index is 411. The average molecular weight is 223 g/mol. The SMILES string of the molecule is CC1N=C(Cc2ccc(Cl)cc2)NC1=O. The lowest BCUT2D eigenvalue weighted by molar-refractivity contribution is -0.119. The molecule has 0 saturated carbocycles. The van der Waals surface area contributed by atoms with E-state index in [1.54, 1.807) is 6.92 Å². The molecule has 1 aliphatic rings. The Labute approximate surface area is 93.2 Å². The van der Waals surface area contributed by atoms with Gasteiger partial charge in [-0.15, -0.1) is 0 Å². The van der Waals surface area contributed by atoms with Crippen LogP contribution in [-0.2, 0) is 11.2 Å². The minimum atomic E-state index is -0.257. The first-order valence-corrected chi connectivity index (χ1v) is 5.15. The van der Waals surface area contributed by atoms with E-state index in [1.165, 1.54) is 0 Å². The highest BCUT2D eigenvalue weighted by molar-refractivity contribution is 6.30. The van der Waals surface area contributed by atoms with Crippen molar-refractivity contribution < 1.29 is 4.79 Å². The fraction of sp³-hybridized carbons (Fsp3) is 0.273. The fourth-order valence-electron chi connectivity index (χ4n) is 1.46. The van der Waals surface area contributed by atoms with Gasteiger partial charge in [0.2, 0.25) is 5.91 Å². The number of hydrogen-bond donors (Lipinski definition) is 1. The highest BCUT2D eigenvalue weighted by Gasteiger charge is 2.21. The van der Waals surface area contributed by atoms with Crippen molar-refractivity contribution in [3.8, 4) is 0 Å². The van der Waals surface area contributed by atoms with Crippen LogP contribution in [0.1, 0.15) is 12.5 Å². The molecule has 78 valence electrons. The third kappa shape index (κ3) is 2.36. The van der Waals surface area contributed by atoms with Gasteiger partial charge in [-0.05, 0) is 24.6 Å². The third-order valence-electron chi connectivity index (χ3n) is 2.28. The van der Waals surface area contributed by atoms with Crippen LogP contribution in [-0.4, -0.2) is 17.8 Å². The monoisotopic (exact) mass is 222 g/mol. The van der Waals surface area contributed by atoms with Gasteiger partial charge in [0, 0.05) is 11.4 Å². The Morgan fingerprint density at radius 1 is 1.40 bits per heavy atom. The van der Waals surface area contributed by atoms with E-state index in [0.29, 0.717) is 11.4 Å². The van der Waals surface area contributed by atoms with Crippen molar-refractivity contribution in [2.45, 2.75) is 19.4 Å². The van der Waals surface area contributed by atoms with Crippen molar-refractivity contribution in [3.63, 3.8) is 0 Å². The van der Waals surface area contributed by atoms with Gasteiger partial charge in [0.1, 0.15) is 11.9 Å². The first kappa shape index (κ1) is 10.2. The molecule has 0 bridgehead atoms. The number of carbonyl (C=O) groups excluding carboxylic acids is 1. The van der Waals surface area contributed by atoms with Gasteiger partial charge in [0.05, 0.1) is 0 Å². The van der Waals surface area contributed by atoms with Gasteiger partial charge < -0.3 is 5.32 Å². The van der Waals surface area contributed by atoms with E-state index in [-0.39, 0.29) is 11.9 Å². The van der Waals surface area contributed by atoms with E-state index >= 15 is 0 Å². The quantitative estimate of drug-likeness (QED) is 0.815. The van der Waals surface area contributed by atoms with Crippen LogP contribution in [0.25, 0.3) is 0 Å². The normalized spacial score (nSPS) is 20.0. The second-order valence-electron chi connectivity index (χ2n) is 3.54. The van der Waals surface area contributed by atoms with Gasteiger partial charge in [0.25, 0.3) is 0 Å². The van der Waals surface area contributed by atoms with E-state index in [9.17, 15) is 4.79 Å². The van der Waals surface area contributed by atoms with E-state index in [4.69, 9.17) is 11.6 Å². The van der Waals surface area contributed by atoms with Gasteiger partial charge in [-0.3, -0.25) is 9.79 Å². The Balaban J connectivity index is 2.07. The maximum Gasteiger partial charge on any atom is 0.249 e. The zero-order valence-electron chi connectivity index (χ0n) is 8.33. The lowest BCUT2D eigenvalue weighted by Gasteiger charge is -2.01. The molecule has 2 rings (SSSR count). The molecule has 1 heterocycles. The molecule has 0 spiro atoms. The van der Waals surface area contributed by atoms with Gasteiger partial charge in [-0.1, -0.05) is 23.7 Å². The van der Waals surface area contributed by atoms with E-state index in [0.717, 1.165) is 11.4 Å². The molecule has 0 radical (unpaired) electrons. The maximum absolute atomic E-state index is 11.2. The molecule has 0 aromatic heterocycles. The summed E-state index contributed by atoms with van der Waals surface area (Å²) in [5.41, 5.74) is 1.09. The van der Waals surface area contributed by atoms with Crippen LogP contribution in [0.5, 0.6) is 0 Å². The van der Waals surface area contributed by atoms with Crippen LogP contribution in [0.2, 0.25) is 5.02 Å². The van der Waals surface area contributed by atoms with Crippen molar-refractivity contribution in [1.82, 2.24) is 5.32 Å². The predicted molar refractivity (Wildman–Crippen MR) is 60.2 cm³/mol. The summed E-state index contributed by atoms with van der Waals surface area (Å²) in [5.74, 6) is 0.703. The molecule has 0 aliphatic carbocycles. The smallest absolute Gasteiger partial charge is 0.249 e. The number of nitrogens with zero attached hydrogens (tertiary/aromatic N) is 1. The second kappa shape index (κ2) is 4.03. The van der Waals surface area contributed by atoms with E-state index in [2.05, 4.69) is 10.3 Å². The molecule has 3 nitrogen and oxygen atoms in total. The third-order valence-corrected chi connectivity index (χ3v) is 2.53. The molecule has 0 fully saturated rings. The van der Waals surface area contributed by atoms with Crippen LogP contribution in [0.3, 0.4) is 0 Å². The van der Waals surface area contributed by atoms with Crippen LogP contribution < -0.4 is 5.32 Å². The summed E-state index contributed by atoms with van der Waals surface area (Å²) in [6, 6.07) is 7.27. The van der Waals surface area contributed by atoms with Crippen molar-refractivity contribution in [2.24, 2.45) is 4.99 Å². The summed E-state index contributed by atoms with van der Waals surface area (Å²) in [5, 5.41) is 3.46. The number of nitrogens with one attached hydrogen (secondary N) is 1. The minimum Gasteiger partial charge on any atom is -0.312 e. The van der Waals surface area contributed by atoms with Gasteiger partial charge >= 0.3 is 0 Å². The highest BCUT2D eigenvalue weighted by Crippen LogP contribution is 2.11. The largest absolute Gasteiger partial charge is 0.312 e. The Morgan fingerprint density at radius 3 is 2.60 bits per heavy atom. The van der Waals surface area contributed by atoms with Crippen LogP contribution >= 0.6 is 11.6 Å². The molecule has 1 N–H and O–H groups in total. The Kier molecular flexibility index (Phi) is 2.73. The summed E-state index contributed by atoms with van der Waals surface area (Å²) in [7, 11) is 0. The van der Waals surface area contributed by atoms with Crippen molar-refractivity contribution >= 4 is 23.3 Å². The predicted octanol–water partition coefficient (Wildman–Crippen LogP) is 1.80. The van der Waals surface area contributed by atoms with Crippen LogP contribution in [0.4, 0.5) is 0 Å². The topological polar surface area (TPSA) is 41.5 Å². The zero-order valence-corrected chi connectivity index (χ0v) is 9.08. The Morgan fingerprint density at radius 2 is 2.07 bits per heavy atom. The Hall–Kier alpha value is -1.35. The molecule has 1 unspecified atom stereocenters. The molecule has 1 aromatic rings. The van der Waals surface area contributed by atoms with Crippen LogP contribution in [0, 0.1) is 0 Å². The van der Waals surface area contributed by atoms with Crippen molar-refractivity contribution in [1.29, 1.82) is 0 Å². The molecule has 15 heavy (non-hydrogen) atoms. The molecule has 1 aromatic carbocycles. The number of carbonyl (C=O) groups is 1. The molecule has 1 aliphatic heterocycles. The molecular formula is C11H11ClN2O. The first-order chi connectivity index (χ1) is 7.15. The number of aliphatic imine (C=N–C) groups is 1. The van der Waals surface area contributed by atoms with Gasteiger partial charge in [0.15, 0.2) is 0 Å². The number of halogens is 1. The van der Waals surface area contributed by atoms with Gasteiger partial charge in [-0.2, -0.15) is 0 Å². The molecular weight excluding hydrogens is 212 g/mol. The summed E-state index contributed by atoms with van der Waals surface area (Å²) < 4.78 is 0. The molecule has 4 heteroatoms. The van der Waals surface area contributed by atoms with E-state index in [1.807, 2.05) is 24.3 Å². The fourth-order valence-corrected chi connectivity index (χ4v) is 1.58. The second-order valence-corrected chi connectivity index (χ2v) is 3.98. The lowest BCUT2D eigenvalue weighted by Crippen LogP contribution is -2.28. The molecule has 1 atom stereocenters. The summed E-state index contributed by atoms with van der Waals surface area (Å²) >= 11 is 5.77. The number of amides is 1. The highest BCUT2D eigenvalue weighted by atomic mass is 35.5. The summed E-state index contributed by atoms with van der Waals surface area (Å²) in [6.45, 7) is 1.78.